The highest BCUT2D eigenvalue weighted by Gasteiger charge is 2.32. The number of hydrogen-bond donors (Lipinski definition) is 0. The molecule has 0 heterocycles. The predicted molar refractivity (Wildman–Crippen MR) is 138 cm³/mol. The fraction of sp³-hybridized carbons (Fsp3) is 0.742. The highest BCUT2D eigenvalue weighted by atomic mass is 14.4. The molecule has 0 nitrogen and oxygen atoms in total. The molecule has 1 unspecified atom stereocenters. The van der Waals surface area contributed by atoms with Gasteiger partial charge in [0.25, 0.3) is 0 Å². The summed E-state index contributed by atoms with van der Waals surface area (Å²) in [5.41, 5.74) is 5.55. The molecule has 0 radical (unpaired) electrons. The molecule has 0 aromatic heterocycles. The Labute approximate surface area is 194 Å². The second-order valence-corrected chi connectivity index (χ2v) is 10.9. The fourth-order valence-corrected chi connectivity index (χ4v) is 6.37. The zero-order chi connectivity index (χ0) is 21.8. The van der Waals surface area contributed by atoms with Crippen LogP contribution in [0.1, 0.15) is 146 Å². The van der Waals surface area contributed by atoms with E-state index in [-0.39, 0.29) is 0 Å². The third-order valence-corrected chi connectivity index (χ3v) is 8.38. The van der Waals surface area contributed by atoms with Gasteiger partial charge in [-0.1, -0.05) is 101 Å². The van der Waals surface area contributed by atoms with Crippen LogP contribution in [0.3, 0.4) is 0 Å². The average Bonchev–Trinajstić information content (AvgIpc) is 2.82. The van der Waals surface area contributed by atoms with Gasteiger partial charge >= 0.3 is 0 Å². The van der Waals surface area contributed by atoms with Crippen LogP contribution in [0.15, 0.2) is 35.9 Å². The summed E-state index contributed by atoms with van der Waals surface area (Å²) in [7, 11) is 0. The van der Waals surface area contributed by atoms with E-state index in [1.807, 2.05) is 0 Å². The molecule has 0 saturated heterocycles. The molecule has 3 rings (SSSR count). The first-order valence-electron chi connectivity index (χ1n) is 14.0. The van der Waals surface area contributed by atoms with Crippen molar-refractivity contribution in [1.29, 1.82) is 0 Å². The third-order valence-electron chi connectivity index (χ3n) is 8.38. The normalized spacial score (nSPS) is 19.7. The zero-order valence-electron chi connectivity index (χ0n) is 20.9. The van der Waals surface area contributed by atoms with Crippen molar-refractivity contribution < 1.29 is 0 Å². The maximum absolute atomic E-state index is 2.59. The molecule has 2 aliphatic rings. The summed E-state index contributed by atoms with van der Waals surface area (Å²) in [5, 5.41) is 0. The summed E-state index contributed by atoms with van der Waals surface area (Å²) in [6, 6.07) is 9.80. The smallest absolute Gasteiger partial charge is 0.0125 e. The Bertz CT molecular complexity index is 629. The van der Waals surface area contributed by atoms with Gasteiger partial charge in [0.2, 0.25) is 0 Å². The van der Waals surface area contributed by atoms with Crippen molar-refractivity contribution in [3.63, 3.8) is 0 Å². The lowest BCUT2D eigenvalue weighted by molar-refractivity contribution is 0.144. The third kappa shape index (κ3) is 8.11. The lowest BCUT2D eigenvalue weighted by Gasteiger charge is -2.39. The first-order valence-corrected chi connectivity index (χ1v) is 14.0. The molecule has 1 fully saturated rings. The number of benzene rings is 1. The predicted octanol–water partition coefficient (Wildman–Crippen LogP) is 10.3. The van der Waals surface area contributed by atoms with Crippen LogP contribution in [0.5, 0.6) is 0 Å². The molecule has 0 amide bonds. The first kappa shape index (κ1) is 24.6. The number of hydrogen-bond acceptors (Lipinski definition) is 0. The van der Waals surface area contributed by atoms with E-state index >= 15 is 0 Å². The van der Waals surface area contributed by atoms with Gasteiger partial charge in [-0.15, -0.1) is 0 Å². The van der Waals surface area contributed by atoms with E-state index in [2.05, 4.69) is 44.2 Å². The molecule has 0 N–H and O–H groups in total. The van der Waals surface area contributed by atoms with E-state index in [1.54, 1.807) is 11.1 Å². The van der Waals surface area contributed by atoms with Crippen LogP contribution in [-0.4, -0.2) is 0 Å². The quantitative estimate of drug-likeness (QED) is 0.219. The van der Waals surface area contributed by atoms with Crippen LogP contribution in [0.2, 0.25) is 0 Å². The van der Waals surface area contributed by atoms with E-state index in [1.165, 1.54) is 128 Å². The van der Waals surface area contributed by atoms with Crippen molar-refractivity contribution in [1.82, 2.24) is 0 Å². The summed E-state index contributed by atoms with van der Waals surface area (Å²) in [4.78, 5) is 0. The minimum Gasteiger partial charge on any atom is -0.0853 e. The Hall–Kier alpha value is -1.04. The zero-order valence-corrected chi connectivity index (χ0v) is 20.9. The van der Waals surface area contributed by atoms with Crippen molar-refractivity contribution >= 4 is 0 Å². The van der Waals surface area contributed by atoms with Crippen LogP contribution in [0, 0.1) is 5.41 Å². The van der Waals surface area contributed by atoms with Gasteiger partial charge in [0.15, 0.2) is 0 Å². The van der Waals surface area contributed by atoms with E-state index < -0.39 is 0 Å². The van der Waals surface area contributed by atoms with Gasteiger partial charge in [0.05, 0.1) is 0 Å². The van der Waals surface area contributed by atoms with Crippen molar-refractivity contribution in [2.75, 3.05) is 0 Å². The molecule has 2 aliphatic carbocycles. The van der Waals surface area contributed by atoms with Gasteiger partial charge in [-0.3, -0.25) is 0 Å². The minimum absolute atomic E-state index is 0.660. The summed E-state index contributed by atoms with van der Waals surface area (Å²) in [5.74, 6) is 0.731. The molecule has 174 valence electrons. The van der Waals surface area contributed by atoms with E-state index in [0.717, 1.165) is 5.92 Å². The SMILES string of the molecule is CCCCCCC1(CCC(CC2=CCCCC2)c2ccc(CCC)cc2)CCCCC1. The van der Waals surface area contributed by atoms with E-state index in [9.17, 15) is 0 Å². The van der Waals surface area contributed by atoms with Gasteiger partial charge in [0, 0.05) is 0 Å². The van der Waals surface area contributed by atoms with Crippen LogP contribution >= 0.6 is 0 Å². The number of rotatable bonds is 13. The summed E-state index contributed by atoms with van der Waals surface area (Å²) >= 11 is 0. The van der Waals surface area contributed by atoms with E-state index in [4.69, 9.17) is 0 Å². The Morgan fingerprint density at radius 3 is 2.29 bits per heavy atom. The van der Waals surface area contributed by atoms with Gasteiger partial charge in [0.1, 0.15) is 0 Å². The summed E-state index contributed by atoms with van der Waals surface area (Å²) in [6.45, 7) is 4.63. The maximum atomic E-state index is 2.59. The number of aryl methyl sites for hydroxylation is 1. The van der Waals surface area contributed by atoms with Gasteiger partial charge < -0.3 is 0 Å². The molecule has 0 bridgehead atoms. The molecule has 1 aromatic carbocycles. The molecule has 31 heavy (non-hydrogen) atoms. The molecule has 1 saturated carbocycles. The molecule has 1 aromatic rings. The van der Waals surface area contributed by atoms with Crippen LogP contribution in [0.25, 0.3) is 0 Å². The topological polar surface area (TPSA) is 0 Å². The van der Waals surface area contributed by atoms with Crippen molar-refractivity contribution in [3.8, 4) is 0 Å². The van der Waals surface area contributed by atoms with Crippen molar-refractivity contribution in [2.24, 2.45) is 5.41 Å². The summed E-state index contributed by atoms with van der Waals surface area (Å²) < 4.78 is 0. The molecule has 0 heteroatoms. The minimum atomic E-state index is 0.660. The second kappa shape index (κ2) is 13.5. The molecular weight excluding hydrogens is 372 g/mol. The fourth-order valence-electron chi connectivity index (χ4n) is 6.37. The highest BCUT2D eigenvalue weighted by Crippen LogP contribution is 2.46. The highest BCUT2D eigenvalue weighted by molar-refractivity contribution is 5.27. The Morgan fingerprint density at radius 2 is 1.61 bits per heavy atom. The lowest BCUT2D eigenvalue weighted by Crippen LogP contribution is -2.25. The van der Waals surface area contributed by atoms with Crippen LogP contribution < -0.4 is 0 Å². The Morgan fingerprint density at radius 1 is 0.806 bits per heavy atom. The van der Waals surface area contributed by atoms with Gasteiger partial charge in [-0.05, 0) is 93.1 Å². The molecule has 0 aliphatic heterocycles. The second-order valence-electron chi connectivity index (χ2n) is 10.9. The van der Waals surface area contributed by atoms with Crippen LogP contribution in [-0.2, 0) is 6.42 Å². The lowest BCUT2D eigenvalue weighted by atomic mass is 9.66. The van der Waals surface area contributed by atoms with Crippen molar-refractivity contribution in [3.05, 3.63) is 47.0 Å². The molecule has 0 spiro atoms. The number of unbranched alkanes of at least 4 members (excludes halogenated alkanes) is 3. The van der Waals surface area contributed by atoms with E-state index in [0.29, 0.717) is 5.41 Å². The van der Waals surface area contributed by atoms with Crippen LogP contribution in [0.4, 0.5) is 0 Å². The Balaban J connectivity index is 1.68. The standard InChI is InChI=1S/C31H50/c1-3-5-6-11-22-31(23-12-8-13-24-31)25-21-30(26-28-15-9-7-10-16-28)29-19-17-27(14-4-2)18-20-29/h15,17-20,30H,3-14,16,21-26H2,1-2H3. The monoisotopic (exact) mass is 422 g/mol. The molecule has 1 atom stereocenters. The van der Waals surface area contributed by atoms with Crippen molar-refractivity contribution in [2.45, 2.75) is 142 Å². The largest absolute Gasteiger partial charge is 0.0853 e. The summed E-state index contributed by atoms with van der Waals surface area (Å²) in [6.07, 6.45) is 29.4. The maximum Gasteiger partial charge on any atom is -0.0125 e. The first-order chi connectivity index (χ1) is 15.2. The average molecular weight is 423 g/mol. The van der Waals surface area contributed by atoms with Gasteiger partial charge in [-0.25, -0.2) is 0 Å². The molecular formula is C31H50. The van der Waals surface area contributed by atoms with Gasteiger partial charge in [-0.2, -0.15) is 0 Å². The Kier molecular flexibility index (Phi) is 10.7. The number of allylic oxidation sites excluding steroid dienone is 2.